The van der Waals surface area contributed by atoms with Gasteiger partial charge in [-0.1, -0.05) is 18.2 Å². The van der Waals surface area contributed by atoms with Gasteiger partial charge in [-0.15, -0.1) is 0 Å². The van der Waals surface area contributed by atoms with Crippen molar-refractivity contribution in [1.29, 1.82) is 0 Å². The molecule has 0 unspecified atom stereocenters. The third kappa shape index (κ3) is 3.81. The van der Waals surface area contributed by atoms with Crippen LogP contribution in [-0.2, 0) is 6.61 Å². The minimum Gasteiger partial charge on any atom is -0.486 e. The number of alkyl halides is 1. The van der Waals surface area contributed by atoms with Gasteiger partial charge >= 0.3 is 0 Å². The SMILES string of the molecule is Cc1ccc(COc2cccc(C=O)c2OCCF)c(F)c1. The van der Waals surface area contributed by atoms with E-state index in [0.29, 0.717) is 11.8 Å². The lowest BCUT2D eigenvalue weighted by Crippen LogP contribution is -2.05. The molecule has 2 rings (SSSR count). The first-order valence-corrected chi connectivity index (χ1v) is 6.80. The number of aryl methyl sites for hydroxylation is 1. The number of hydrogen-bond acceptors (Lipinski definition) is 3. The molecule has 0 aliphatic carbocycles. The quantitative estimate of drug-likeness (QED) is 0.728. The molecule has 116 valence electrons. The molecule has 0 aromatic heterocycles. The molecule has 0 atom stereocenters. The van der Waals surface area contributed by atoms with Crippen molar-refractivity contribution in [3.8, 4) is 11.5 Å². The van der Waals surface area contributed by atoms with Gasteiger partial charge in [-0.2, -0.15) is 0 Å². The lowest BCUT2D eigenvalue weighted by molar-refractivity contribution is 0.111. The summed E-state index contributed by atoms with van der Waals surface area (Å²) in [6, 6.07) is 9.58. The first kappa shape index (κ1) is 15.9. The molecule has 0 spiro atoms. The Bertz CT molecular complexity index is 656. The molecule has 22 heavy (non-hydrogen) atoms. The Morgan fingerprint density at radius 3 is 2.68 bits per heavy atom. The van der Waals surface area contributed by atoms with E-state index in [2.05, 4.69) is 0 Å². The first-order chi connectivity index (χ1) is 10.7. The largest absolute Gasteiger partial charge is 0.486 e. The number of aldehydes is 1. The highest BCUT2D eigenvalue weighted by atomic mass is 19.1. The van der Waals surface area contributed by atoms with E-state index in [0.717, 1.165) is 5.56 Å². The highest BCUT2D eigenvalue weighted by Gasteiger charge is 2.12. The van der Waals surface area contributed by atoms with Gasteiger partial charge in [0.2, 0.25) is 0 Å². The Morgan fingerprint density at radius 1 is 1.18 bits per heavy atom. The molecule has 0 saturated carbocycles. The van der Waals surface area contributed by atoms with Crippen molar-refractivity contribution in [1.82, 2.24) is 0 Å². The van der Waals surface area contributed by atoms with Gasteiger partial charge in [-0.3, -0.25) is 4.79 Å². The number of ether oxygens (including phenoxy) is 2. The number of benzene rings is 2. The van der Waals surface area contributed by atoms with Crippen LogP contribution in [-0.4, -0.2) is 19.6 Å². The summed E-state index contributed by atoms with van der Waals surface area (Å²) in [6.45, 7) is 0.921. The lowest BCUT2D eigenvalue weighted by Gasteiger charge is -2.14. The molecule has 0 aliphatic heterocycles. The molecule has 0 fully saturated rings. The zero-order valence-corrected chi connectivity index (χ0v) is 12.1. The second-order valence-electron chi connectivity index (χ2n) is 4.71. The Hall–Kier alpha value is -2.43. The van der Waals surface area contributed by atoms with E-state index >= 15 is 0 Å². The van der Waals surface area contributed by atoms with E-state index in [1.807, 2.05) is 0 Å². The topological polar surface area (TPSA) is 35.5 Å². The number of hydrogen-bond donors (Lipinski definition) is 0. The molecule has 0 amide bonds. The summed E-state index contributed by atoms with van der Waals surface area (Å²) in [6.07, 6.45) is 0.604. The van der Waals surface area contributed by atoms with Crippen molar-refractivity contribution in [2.75, 3.05) is 13.3 Å². The van der Waals surface area contributed by atoms with Gasteiger partial charge in [0.25, 0.3) is 0 Å². The van der Waals surface area contributed by atoms with E-state index in [4.69, 9.17) is 9.47 Å². The predicted molar refractivity (Wildman–Crippen MR) is 78.8 cm³/mol. The van der Waals surface area contributed by atoms with Crippen LogP contribution in [0.15, 0.2) is 36.4 Å². The third-order valence-corrected chi connectivity index (χ3v) is 3.05. The summed E-state index contributed by atoms with van der Waals surface area (Å²) in [5, 5.41) is 0. The van der Waals surface area contributed by atoms with Crippen LogP contribution < -0.4 is 9.47 Å². The van der Waals surface area contributed by atoms with Crippen molar-refractivity contribution in [3.05, 3.63) is 58.9 Å². The van der Waals surface area contributed by atoms with Gasteiger partial charge in [0.05, 0.1) is 5.56 Å². The number of carbonyl (C=O) groups excluding carboxylic acids is 1. The molecular weight excluding hydrogens is 290 g/mol. The standard InChI is InChI=1S/C17H16F2O3/c1-12-5-6-14(15(19)9-12)11-22-16-4-2-3-13(10-20)17(16)21-8-7-18/h2-6,9-10H,7-8,11H2,1H3. The smallest absolute Gasteiger partial charge is 0.171 e. The maximum absolute atomic E-state index is 13.8. The van der Waals surface area contributed by atoms with E-state index in [-0.39, 0.29) is 36.1 Å². The molecular formula is C17H16F2O3. The van der Waals surface area contributed by atoms with Crippen LogP contribution in [0.3, 0.4) is 0 Å². The Balaban J connectivity index is 2.19. The van der Waals surface area contributed by atoms with Crippen LogP contribution >= 0.6 is 0 Å². The van der Waals surface area contributed by atoms with Gasteiger partial charge < -0.3 is 9.47 Å². The van der Waals surface area contributed by atoms with Crippen molar-refractivity contribution < 1.29 is 23.0 Å². The molecule has 0 bridgehead atoms. The number of para-hydroxylation sites is 1. The van der Waals surface area contributed by atoms with Gasteiger partial charge in [0.1, 0.15) is 25.7 Å². The minimum atomic E-state index is -0.681. The fourth-order valence-electron chi connectivity index (χ4n) is 1.96. The molecule has 3 nitrogen and oxygen atoms in total. The second-order valence-corrected chi connectivity index (χ2v) is 4.71. The Kier molecular flexibility index (Phi) is 5.47. The molecule has 0 heterocycles. The van der Waals surface area contributed by atoms with Gasteiger partial charge in [0, 0.05) is 5.56 Å². The zero-order chi connectivity index (χ0) is 15.9. The van der Waals surface area contributed by atoms with Crippen LogP contribution in [0.1, 0.15) is 21.5 Å². The predicted octanol–water partition coefficient (Wildman–Crippen LogP) is 3.87. The highest BCUT2D eigenvalue weighted by Crippen LogP contribution is 2.31. The highest BCUT2D eigenvalue weighted by molar-refractivity contribution is 5.81. The van der Waals surface area contributed by atoms with Crippen molar-refractivity contribution >= 4 is 6.29 Å². The summed E-state index contributed by atoms with van der Waals surface area (Å²) in [5.74, 6) is 0.0819. The van der Waals surface area contributed by atoms with Crippen LogP contribution in [0.4, 0.5) is 8.78 Å². The van der Waals surface area contributed by atoms with Crippen molar-refractivity contribution in [3.63, 3.8) is 0 Å². The molecule has 0 aliphatic rings. The lowest BCUT2D eigenvalue weighted by atomic mass is 10.1. The van der Waals surface area contributed by atoms with Gasteiger partial charge in [-0.05, 0) is 30.7 Å². The summed E-state index contributed by atoms with van der Waals surface area (Å²) in [7, 11) is 0. The van der Waals surface area contributed by atoms with Crippen molar-refractivity contribution in [2.45, 2.75) is 13.5 Å². The maximum Gasteiger partial charge on any atom is 0.171 e. The van der Waals surface area contributed by atoms with E-state index < -0.39 is 6.67 Å². The fourth-order valence-corrected chi connectivity index (χ4v) is 1.96. The molecule has 0 N–H and O–H groups in total. The molecule has 5 heteroatoms. The molecule has 0 radical (unpaired) electrons. The zero-order valence-electron chi connectivity index (χ0n) is 12.1. The maximum atomic E-state index is 13.8. The van der Waals surface area contributed by atoms with Crippen molar-refractivity contribution in [2.24, 2.45) is 0 Å². The van der Waals surface area contributed by atoms with Crippen LogP contribution in [0.25, 0.3) is 0 Å². The summed E-state index contributed by atoms with van der Waals surface area (Å²) in [4.78, 5) is 11.0. The van der Waals surface area contributed by atoms with Gasteiger partial charge in [-0.25, -0.2) is 8.78 Å². The number of rotatable bonds is 7. The summed E-state index contributed by atoms with van der Waals surface area (Å²) in [5.41, 5.74) is 1.46. The molecule has 0 saturated heterocycles. The average Bonchev–Trinajstić information content (AvgIpc) is 2.52. The second kappa shape index (κ2) is 7.54. The van der Waals surface area contributed by atoms with E-state index in [9.17, 15) is 13.6 Å². The fraction of sp³-hybridized carbons (Fsp3) is 0.235. The Labute approximate surface area is 127 Å². The van der Waals surface area contributed by atoms with Gasteiger partial charge in [0.15, 0.2) is 17.8 Å². The van der Waals surface area contributed by atoms with Crippen LogP contribution in [0.5, 0.6) is 11.5 Å². The minimum absolute atomic E-state index is 0.0135. The number of halogens is 2. The Morgan fingerprint density at radius 2 is 2.00 bits per heavy atom. The average molecular weight is 306 g/mol. The molecule has 2 aromatic rings. The van der Waals surface area contributed by atoms with E-state index in [1.165, 1.54) is 6.07 Å². The molecule has 2 aromatic carbocycles. The van der Waals surface area contributed by atoms with Crippen LogP contribution in [0, 0.1) is 12.7 Å². The third-order valence-electron chi connectivity index (χ3n) is 3.05. The number of carbonyl (C=O) groups is 1. The normalized spacial score (nSPS) is 10.3. The monoisotopic (exact) mass is 306 g/mol. The van der Waals surface area contributed by atoms with E-state index in [1.54, 1.807) is 37.3 Å². The summed E-state index contributed by atoms with van der Waals surface area (Å²) >= 11 is 0. The summed E-state index contributed by atoms with van der Waals surface area (Å²) < 4.78 is 36.8. The van der Waals surface area contributed by atoms with Crippen LogP contribution in [0.2, 0.25) is 0 Å². The first-order valence-electron chi connectivity index (χ1n) is 6.80.